The Balaban J connectivity index is 0.702. The average molecular weight is 1050 g/mol. The molecule has 0 radical (unpaired) electrons. The van der Waals surface area contributed by atoms with Gasteiger partial charge in [0, 0.05) is 94.6 Å². The smallest absolute Gasteiger partial charge is 0.381 e. The summed E-state index contributed by atoms with van der Waals surface area (Å²) < 4.78 is 52.8. The Hall–Kier alpha value is -5.47. The second kappa shape index (κ2) is 25.6. The Morgan fingerprint density at radius 2 is 1.61 bits per heavy atom. The van der Waals surface area contributed by atoms with Gasteiger partial charge in [-0.3, -0.25) is 29.0 Å². The molecule has 5 amide bonds. The number of nitrogens with zero attached hydrogens (tertiary/aromatic N) is 6. The fourth-order valence-corrected chi connectivity index (χ4v) is 12.1. The van der Waals surface area contributed by atoms with E-state index in [2.05, 4.69) is 62.0 Å². The molecular formula is C55H77F3N10O7. The van der Waals surface area contributed by atoms with Crippen LogP contribution in [0.15, 0.2) is 49.1 Å². The van der Waals surface area contributed by atoms with E-state index in [-0.39, 0.29) is 83.3 Å². The summed E-state index contributed by atoms with van der Waals surface area (Å²) in [5.74, 6) is 0.0411. The summed E-state index contributed by atoms with van der Waals surface area (Å²) in [5, 5.41) is 12.9. The van der Waals surface area contributed by atoms with Crippen molar-refractivity contribution in [2.45, 2.75) is 159 Å². The number of carbonyl (C=O) groups is 5. The minimum atomic E-state index is -4.54. The predicted octanol–water partition coefficient (Wildman–Crippen LogP) is 6.43. The van der Waals surface area contributed by atoms with E-state index in [0.29, 0.717) is 121 Å². The minimum absolute atomic E-state index is 0.00222. The normalized spacial score (nSPS) is 27.5. The van der Waals surface area contributed by atoms with Crippen LogP contribution in [0.5, 0.6) is 0 Å². The van der Waals surface area contributed by atoms with Gasteiger partial charge in [-0.15, -0.1) is 0 Å². The molecule has 410 valence electrons. The number of anilines is 1. The first-order valence-electron chi connectivity index (χ1n) is 27.3. The van der Waals surface area contributed by atoms with Crippen LogP contribution in [-0.2, 0) is 39.6 Å². The molecule has 4 heterocycles. The van der Waals surface area contributed by atoms with E-state index in [1.165, 1.54) is 12.4 Å². The molecule has 17 nitrogen and oxygen atoms in total. The van der Waals surface area contributed by atoms with Crippen molar-refractivity contribution in [1.29, 1.82) is 0 Å². The zero-order chi connectivity index (χ0) is 53.2. The number of nitrogens with one attached hydrogen (secondary N) is 4. The summed E-state index contributed by atoms with van der Waals surface area (Å²) >= 11 is 0. The van der Waals surface area contributed by atoms with Crippen LogP contribution in [0.4, 0.5) is 19.0 Å². The highest BCUT2D eigenvalue weighted by Crippen LogP contribution is 2.38. The van der Waals surface area contributed by atoms with Crippen LogP contribution in [0, 0.1) is 23.7 Å². The molecule has 0 spiro atoms. The van der Waals surface area contributed by atoms with E-state index in [1.54, 1.807) is 24.3 Å². The lowest BCUT2D eigenvalue weighted by molar-refractivity contribution is -0.137. The van der Waals surface area contributed by atoms with Gasteiger partial charge in [-0.2, -0.15) is 13.2 Å². The molecule has 5 aliphatic rings. The SMILES string of the molecule is CC(C)N(C)[C@@H]1CC[C@H](N2CC[C@H](Nc3ncnc4ccc(C(F)(F)F)cc34)C2=O)[C@H](NC(=O)[C@H]2CC[C@H](NC(=O)CCCOC[C@H]3CC[C@@H](COCCNC(=O)[C@H]4CC(=O)N(C)[C@@H]4c4cccnc4)CC3)CC2)C1. The number of halogens is 3. The van der Waals surface area contributed by atoms with Crippen LogP contribution in [0.25, 0.3) is 10.9 Å². The molecule has 5 fully saturated rings. The van der Waals surface area contributed by atoms with E-state index in [1.807, 2.05) is 17.0 Å². The third-order valence-electron chi connectivity index (χ3n) is 16.7. The summed E-state index contributed by atoms with van der Waals surface area (Å²) in [6.07, 6.45) is 10.9. The number of fused-ring (bicyclic) bond motifs is 1. The van der Waals surface area contributed by atoms with Crippen molar-refractivity contribution in [1.82, 2.24) is 45.6 Å². The number of ether oxygens (including phenoxy) is 2. The number of alkyl halides is 3. The lowest BCUT2D eigenvalue weighted by Crippen LogP contribution is -2.59. The number of hydrogen-bond donors (Lipinski definition) is 4. The van der Waals surface area contributed by atoms with E-state index < -0.39 is 23.7 Å². The number of hydrogen-bond acceptors (Lipinski definition) is 12. The third kappa shape index (κ3) is 14.3. The van der Waals surface area contributed by atoms with E-state index in [4.69, 9.17) is 9.47 Å². The molecule has 3 aliphatic carbocycles. The van der Waals surface area contributed by atoms with Crippen molar-refractivity contribution in [2.75, 3.05) is 58.9 Å². The number of amides is 5. The predicted molar refractivity (Wildman–Crippen MR) is 276 cm³/mol. The third-order valence-corrected chi connectivity index (χ3v) is 16.7. The number of carbonyl (C=O) groups excluding carboxylic acids is 5. The Labute approximate surface area is 438 Å². The maximum Gasteiger partial charge on any atom is 0.416 e. The number of likely N-dealkylation sites (tertiary alicyclic amines) is 2. The second-order valence-corrected chi connectivity index (χ2v) is 22.0. The topological polar surface area (TPSA) is 200 Å². The van der Waals surface area contributed by atoms with Crippen LogP contribution in [0.3, 0.4) is 0 Å². The second-order valence-electron chi connectivity index (χ2n) is 22.0. The van der Waals surface area contributed by atoms with Crippen molar-refractivity contribution in [2.24, 2.45) is 23.7 Å². The van der Waals surface area contributed by atoms with Crippen molar-refractivity contribution >= 4 is 46.3 Å². The van der Waals surface area contributed by atoms with E-state index in [9.17, 15) is 37.1 Å². The first-order chi connectivity index (χ1) is 36.0. The molecular weight excluding hydrogens is 970 g/mol. The largest absolute Gasteiger partial charge is 0.416 e. The van der Waals surface area contributed by atoms with Gasteiger partial charge in [0.1, 0.15) is 18.2 Å². The molecule has 3 saturated carbocycles. The molecule has 4 N–H and O–H groups in total. The highest BCUT2D eigenvalue weighted by Gasteiger charge is 2.45. The Morgan fingerprint density at radius 1 is 0.880 bits per heavy atom. The van der Waals surface area contributed by atoms with Crippen molar-refractivity contribution in [3.63, 3.8) is 0 Å². The first-order valence-corrected chi connectivity index (χ1v) is 27.3. The van der Waals surface area contributed by atoms with Crippen LogP contribution in [0.1, 0.15) is 127 Å². The van der Waals surface area contributed by atoms with Crippen molar-refractivity contribution < 1.29 is 46.6 Å². The fraction of sp³-hybridized carbons (Fsp3) is 0.673. The highest BCUT2D eigenvalue weighted by atomic mass is 19.4. The zero-order valence-corrected chi connectivity index (χ0v) is 44.0. The van der Waals surface area contributed by atoms with Crippen LogP contribution in [0.2, 0.25) is 0 Å². The summed E-state index contributed by atoms with van der Waals surface area (Å²) in [6.45, 7) is 7.37. The van der Waals surface area contributed by atoms with Crippen LogP contribution >= 0.6 is 0 Å². The van der Waals surface area contributed by atoms with Gasteiger partial charge in [-0.1, -0.05) is 6.07 Å². The molecule has 8 rings (SSSR count). The highest BCUT2D eigenvalue weighted by molar-refractivity contribution is 5.93. The van der Waals surface area contributed by atoms with Crippen molar-refractivity contribution in [3.8, 4) is 0 Å². The standard InChI is InChI=1S/C55H77F3N10O7/c1-34(2)66(3)41-18-20-47(68-24-21-45(54(68)73)64-51-42-27-39(55(56,57)58)15-19-44(42)61-33-62-51)46(28-41)65-52(71)37-13-16-40(17-14-37)63-48(69)8-6-25-74-31-35-9-11-36(12-10-35)32-75-26-23-60-53(72)43-29-49(70)67(4)50(43)38-7-5-22-59-30-38/h5,7,15,19,22,27,30,33-37,40-41,43,45-47,50H,6,8-14,16-18,20-21,23-26,28-29,31-32H2,1-4H3,(H,60,72)(H,63,69)(H,65,71)(H,61,62,64)/t35-,36+,37-,40-,41-,43+,45+,46-,47+,50-/m1/s1. The van der Waals surface area contributed by atoms with E-state index >= 15 is 0 Å². The number of pyridine rings is 1. The molecule has 75 heavy (non-hydrogen) atoms. The summed E-state index contributed by atoms with van der Waals surface area (Å²) in [4.78, 5) is 84.9. The molecule has 2 aromatic heterocycles. The van der Waals surface area contributed by atoms with Gasteiger partial charge in [0.2, 0.25) is 29.5 Å². The summed E-state index contributed by atoms with van der Waals surface area (Å²) in [6, 6.07) is 5.98. The fourth-order valence-electron chi connectivity index (χ4n) is 12.1. The molecule has 1 aromatic carbocycles. The van der Waals surface area contributed by atoms with Gasteiger partial charge in [0.15, 0.2) is 0 Å². The Kier molecular flexibility index (Phi) is 19.0. The molecule has 2 aliphatic heterocycles. The van der Waals surface area contributed by atoms with E-state index in [0.717, 1.165) is 49.8 Å². The average Bonchev–Trinajstić information content (AvgIpc) is 3.92. The van der Waals surface area contributed by atoms with Gasteiger partial charge in [0.25, 0.3) is 0 Å². The lowest BCUT2D eigenvalue weighted by atomic mass is 9.82. The monoisotopic (exact) mass is 1050 g/mol. The van der Waals surface area contributed by atoms with Gasteiger partial charge in [-0.25, -0.2) is 9.97 Å². The number of rotatable bonds is 21. The maximum atomic E-state index is 14.1. The number of benzene rings is 1. The quantitative estimate of drug-likeness (QED) is 0.0854. The zero-order valence-electron chi connectivity index (χ0n) is 44.0. The Bertz CT molecular complexity index is 2420. The lowest BCUT2D eigenvalue weighted by Gasteiger charge is -2.45. The molecule has 3 aromatic rings. The summed E-state index contributed by atoms with van der Waals surface area (Å²) in [7, 11) is 3.82. The van der Waals surface area contributed by atoms with Crippen LogP contribution < -0.4 is 21.3 Å². The maximum absolute atomic E-state index is 14.1. The van der Waals surface area contributed by atoms with Crippen LogP contribution in [-0.4, -0.2) is 149 Å². The molecule has 2 saturated heterocycles. The Morgan fingerprint density at radius 3 is 2.31 bits per heavy atom. The first kappa shape index (κ1) is 55.8. The molecule has 0 bridgehead atoms. The van der Waals surface area contributed by atoms with Gasteiger partial charge in [0.05, 0.1) is 41.7 Å². The van der Waals surface area contributed by atoms with Gasteiger partial charge < -0.3 is 45.4 Å². The molecule has 6 atom stereocenters. The summed E-state index contributed by atoms with van der Waals surface area (Å²) in [5.41, 5.74) is 0.369. The van der Waals surface area contributed by atoms with Gasteiger partial charge >= 0.3 is 6.18 Å². The number of aromatic nitrogens is 3. The minimum Gasteiger partial charge on any atom is -0.381 e. The van der Waals surface area contributed by atoms with Gasteiger partial charge in [-0.05, 0) is 146 Å². The van der Waals surface area contributed by atoms with Crippen molar-refractivity contribution in [3.05, 3.63) is 60.2 Å². The molecule has 0 unspecified atom stereocenters. The molecule has 20 heteroatoms.